The van der Waals surface area contributed by atoms with E-state index >= 15 is 0 Å². The van der Waals surface area contributed by atoms with E-state index in [-0.39, 0.29) is 12.4 Å². The monoisotopic (exact) mass is 333 g/mol. The topological polar surface area (TPSA) is 84.8 Å². The van der Waals surface area contributed by atoms with Crippen molar-refractivity contribution in [2.24, 2.45) is 17.3 Å². The number of amides is 1. The predicted octanol–water partition coefficient (Wildman–Crippen LogP) is 3.54. The van der Waals surface area contributed by atoms with Gasteiger partial charge in [-0.1, -0.05) is 30.3 Å². The molecule has 7 nitrogen and oxygen atoms in total. The van der Waals surface area contributed by atoms with Crippen LogP contribution < -0.4 is 0 Å². The fourth-order valence-corrected chi connectivity index (χ4v) is 2.88. The molecule has 0 saturated carbocycles. The lowest BCUT2D eigenvalue weighted by Crippen LogP contribution is -2.05. The molecule has 0 atom stereocenters. The lowest BCUT2D eigenvalue weighted by Gasteiger charge is -1.99. The van der Waals surface area contributed by atoms with E-state index < -0.39 is 5.91 Å². The molecule has 25 heavy (non-hydrogen) atoms. The molecule has 4 aromatic rings. The molecule has 0 aliphatic rings. The van der Waals surface area contributed by atoms with Crippen LogP contribution >= 0.6 is 0 Å². The second-order valence-corrected chi connectivity index (χ2v) is 5.70. The van der Waals surface area contributed by atoms with Gasteiger partial charge in [0, 0.05) is 12.4 Å². The minimum Gasteiger partial charge on any atom is -0.493 e. The fraction of sp³-hybridized carbons (Fsp3) is 0.111. The molecule has 0 spiro atoms. The number of carbonyl (C=O) groups is 1. The minimum absolute atomic E-state index is 0.0224. The van der Waals surface area contributed by atoms with Gasteiger partial charge in [-0.05, 0) is 18.2 Å². The van der Waals surface area contributed by atoms with E-state index in [2.05, 4.69) is 15.2 Å². The molecule has 0 bridgehead atoms. The maximum Gasteiger partial charge on any atom is 0.284 e. The Balaban J connectivity index is 1.62. The zero-order chi connectivity index (χ0) is 17.4. The highest BCUT2D eigenvalue weighted by molar-refractivity contribution is 5.95. The van der Waals surface area contributed by atoms with Crippen molar-refractivity contribution in [2.75, 3.05) is 0 Å². The summed E-state index contributed by atoms with van der Waals surface area (Å²) in [5.74, 6) is -0.443. The van der Waals surface area contributed by atoms with Gasteiger partial charge in [-0.15, -0.1) is 10.2 Å². The van der Waals surface area contributed by atoms with Crippen LogP contribution in [-0.4, -0.2) is 25.1 Å². The van der Waals surface area contributed by atoms with Gasteiger partial charge in [-0.25, -0.2) is 4.98 Å². The normalized spacial score (nSPS) is 11.7. The molecule has 0 fully saturated rings. The second-order valence-electron chi connectivity index (χ2n) is 5.70. The zero-order valence-electron chi connectivity index (χ0n) is 13.5. The van der Waals surface area contributed by atoms with Crippen LogP contribution in [0.5, 0.6) is 5.88 Å². The van der Waals surface area contributed by atoms with Gasteiger partial charge in [0.05, 0.1) is 22.9 Å². The number of benzene rings is 2. The van der Waals surface area contributed by atoms with Gasteiger partial charge in [0.25, 0.3) is 5.91 Å². The third kappa shape index (κ3) is 2.55. The second kappa shape index (κ2) is 5.86. The van der Waals surface area contributed by atoms with Gasteiger partial charge in [0.2, 0.25) is 5.88 Å². The molecule has 1 N–H and O–H groups in total. The Kier molecular flexibility index (Phi) is 3.53. The Morgan fingerprint density at radius 1 is 1.12 bits per heavy atom. The van der Waals surface area contributed by atoms with E-state index in [1.54, 1.807) is 22.5 Å². The van der Waals surface area contributed by atoms with E-state index in [9.17, 15) is 9.90 Å². The number of rotatable bonds is 3. The highest BCUT2D eigenvalue weighted by Gasteiger charge is 2.14. The summed E-state index contributed by atoms with van der Waals surface area (Å²) in [5.41, 5.74) is 2.79. The molecule has 0 aliphatic carbocycles. The van der Waals surface area contributed by atoms with Crippen LogP contribution in [0, 0.1) is 0 Å². The van der Waals surface area contributed by atoms with Gasteiger partial charge >= 0.3 is 0 Å². The number of aromatic hydroxyl groups is 1. The summed E-state index contributed by atoms with van der Waals surface area (Å²) in [5, 5.41) is 18.7. The molecule has 0 radical (unpaired) electrons. The van der Waals surface area contributed by atoms with Crippen molar-refractivity contribution < 1.29 is 9.90 Å². The summed E-state index contributed by atoms with van der Waals surface area (Å²) in [6, 6.07) is 15.0. The molecule has 124 valence electrons. The average Bonchev–Trinajstić information content (AvgIpc) is 3.14. The molecule has 0 aliphatic heterocycles. The number of fused-ring (bicyclic) bond motifs is 2. The van der Waals surface area contributed by atoms with Crippen molar-refractivity contribution in [2.45, 2.75) is 6.54 Å². The number of hydrogen-bond acceptors (Lipinski definition) is 4. The average molecular weight is 333 g/mol. The van der Waals surface area contributed by atoms with Crippen LogP contribution in [0.25, 0.3) is 21.9 Å². The number of aromatic nitrogens is 3. The number of nitrogens with zero attached hydrogens (tertiary/aromatic N) is 5. The first kappa shape index (κ1) is 15.1. The third-order valence-corrected chi connectivity index (χ3v) is 4.14. The summed E-state index contributed by atoms with van der Waals surface area (Å²) >= 11 is 0. The Bertz CT molecular complexity index is 1120. The first-order valence-electron chi connectivity index (χ1n) is 7.76. The van der Waals surface area contributed by atoms with Crippen molar-refractivity contribution >= 4 is 33.5 Å². The Morgan fingerprint density at radius 2 is 1.84 bits per heavy atom. The fourth-order valence-electron chi connectivity index (χ4n) is 2.88. The molecular weight excluding hydrogens is 318 g/mol. The van der Waals surface area contributed by atoms with Gasteiger partial charge < -0.3 is 14.2 Å². The lowest BCUT2D eigenvalue weighted by atomic mass is 10.2. The van der Waals surface area contributed by atoms with Crippen LogP contribution in [0.3, 0.4) is 0 Å². The van der Waals surface area contributed by atoms with Crippen molar-refractivity contribution in [3.63, 3.8) is 0 Å². The SMILES string of the molecule is Cn1c(O)c(N=NC(=O)Cn2cnc3ccccc32)c2ccccc21. The van der Waals surface area contributed by atoms with Gasteiger partial charge in [-0.3, -0.25) is 4.79 Å². The molecule has 0 saturated heterocycles. The van der Waals surface area contributed by atoms with Crippen LogP contribution in [0.15, 0.2) is 65.1 Å². The molecule has 4 rings (SSSR count). The quantitative estimate of drug-likeness (QED) is 0.582. The van der Waals surface area contributed by atoms with E-state index in [1.165, 1.54) is 0 Å². The first-order valence-corrected chi connectivity index (χ1v) is 7.76. The van der Waals surface area contributed by atoms with E-state index in [0.717, 1.165) is 21.9 Å². The largest absolute Gasteiger partial charge is 0.493 e. The minimum atomic E-state index is -0.421. The zero-order valence-corrected chi connectivity index (χ0v) is 13.5. The number of aryl methyl sites for hydroxylation is 1. The first-order chi connectivity index (χ1) is 12.1. The van der Waals surface area contributed by atoms with E-state index in [0.29, 0.717) is 5.69 Å². The van der Waals surface area contributed by atoms with E-state index in [1.807, 2.05) is 48.5 Å². The number of hydrogen-bond donors (Lipinski definition) is 1. The molecular formula is C18H15N5O2. The van der Waals surface area contributed by atoms with Crippen molar-refractivity contribution in [3.8, 4) is 5.88 Å². The Hall–Kier alpha value is -3.48. The number of imidazole rings is 1. The number of carbonyl (C=O) groups excluding carboxylic acids is 1. The molecule has 0 unspecified atom stereocenters. The summed E-state index contributed by atoms with van der Waals surface area (Å²) < 4.78 is 3.33. The third-order valence-electron chi connectivity index (χ3n) is 4.14. The van der Waals surface area contributed by atoms with Crippen LogP contribution in [-0.2, 0) is 18.4 Å². The smallest absolute Gasteiger partial charge is 0.284 e. The summed E-state index contributed by atoms with van der Waals surface area (Å²) in [6.45, 7) is 0.0372. The van der Waals surface area contributed by atoms with Crippen LogP contribution in [0.2, 0.25) is 0 Å². The number of azo groups is 1. The van der Waals surface area contributed by atoms with Crippen LogP contribution in [0.1, 0.15) is 0 Å². The maximum absolute atomic E-state index is 12.2. The van der Waals surface area contributed by atoms with Gasteiger partial charge in [0.15, 0.2) is 5.69 Å². The highest BCUT2D eigenvalue weighted by atomic mass is 16.3. The highest BCUT2D eigenvalue weighted by Crippen LogP contribution is 2.37. The standard InChI is InChI=1S/C18H15N5O2/c1-22-14-8-4-2-6-12(14)17(18(22)25)21-20-16(24)10-23-11-19-13-7-3-5-9-15(13)23/h2-9,11,25H,10H2,1H3. The van der Waals surface area contributed by atoms with Gasteiger partial charge in [0.1, 0.15) is 6.54 Å². The predicted molar refractivity (Wildman–Crippen MR) is 93.8 cm³/mol. The molecule has 2 heterocycles. The maximum atomic E-state index is 12.2. The number of para-hydroxylation sites is 3. The molecule has 2 aromatic heterocycles. The Morgan fingerprint density at radius 3 is 2.68 bits per heavy atom. The summed E-state index contributed by atoms with van der Waals surface area (Å²) in [4.78, 5) is 16.4. The lowest BCUT2D eigenvalue weighted by molar-refractivity contribution is -0.118. The van der Waals surface area contributed by atoms with Crippen LogP contribution in [0.4, 0.5) is 5.69 Å². The molecule has 1 amide bonds. The van der Waals surface area contributed by atoms with Gasteiger partial charge in [-0.2, -0.15) is 0 Å². The van der Waals surface area contributed by atoms with Crippen molar-refractivity contribution in [1.29, 1.82) is 0 Å². The molecule has 2 aromatic carbocycles. The summed E-state index contributed by atoms with van der Waals surface area (Å²) in [6.07, 6.45) is 1.60. The van der Waals surface area contributed by atoms with E-state index in [4.69, 9.17) is 0 Å². The Labute approximate surface area is 142 Å². The molecule has 7 heteroatoms. The van der Waals surface area contributed by atoms with Crippen molar-refractivity contribution in [3.05, 3.63) is 54.9 Å². The van der Waals surface area contributed by atoms with Crippen molar-refractivity contribution in [1.82, 2.24) is 14.1 Å². The summed E-state index contributed by atoms with van der Waals surface area (Å²) in [7, 11) is 1.73.